The van der Waals surface area contributed by atoms with Crippen LogP contribution in [-0.2, 0) is 0 Å². The van der Waals surface area contributed by atoms with Gasteiger partial charge in [-0.05, 0) is 67.6 Å². The van der Waals surface area contributed by atoms with E-state index in [1.165, 1.54) is 33.5 Å². The monoisotopic (exact) mass is 343 g/mol. The number of anilines is 1. The summed E-state index contributed by atoms with van der Waals surface area (Å²) in [7, 11) is 0. The minimum absolute atomic E-state index is 0.267. The molecule has 0 fully saturated rings. The maximum absolute atomic E-state index is 2.40. The third-order valence-corrected chi connectivity index (χ3v) is 5.33. The second-order valence-corrected chi connectivity index (χ2v) is 6.91. The first-order valence-electron chi connectivity index (χ1n) is 9.61. The predicted molar refractivity (Wildman–Crippen MR) is 113 cm³/mol. The molecule has 134 valence electrons. The molecule has 0 saturated carbocycles. The molecule has 1 heteroatoms. The van der Waals surface area contributed by atoms with E-state index in [1.54, 1.807) is 0 Å². The van der Waals surface area contributed by atoms with E-state index in [9.17, 15) is 0 Å². The van der Waals surface area contributed by atoms with Crippen LogP contribution in [0.25, 0.3) is 0 Å². The normalized spacial score (nSPS) is 12.0. The smallest absolute Gasteiger partial charge is 0.0368 e. The molecule has 1 atom stereocenters. The van der Waals surface area contributed by atoms with Crippen LogP contribution in [0.1, 0.15) is 47.6 Å². The Morgan fingerprint density at radius 2 is 1.31 bits per heavy atom. The molecule has 26 heavy (non-hydrogen) atoms. The maximum atomic E-state index is 2.40. The van der Waals surface area contributed by atoms with Crippen molar-refractivity contribution < 1.29 is 0 Å². The highest BCUT2D eigenvalue weighted by atomic mass is 15.1. The molecule has 1 unspecified atom stereocenters. The van der Waals surface area contributed by atoms with Crippen molar-refractivity contribution in [3.05, 3.63) is 101 Å². The van der Waals surface area contributed by atoms with Crippen LogP contribution in [0.5, 0.6) is 0 Å². The summed E-state index contributed by atoms with van der Waals surface area (Å²) in [5.41, 5.74) is 8.13. The molecule has 0 aliphatic rings. The minimum Gasteiger partial charge on any atom is -0.372 e. The highest BCUT2D eigenvalue weighted by Crippen LogP contribution is 2.36. The topological polar surface area (TPSA) is 3.24 Å². The largest absolute Gasteiger partial charge is 0.372 e. The number of nitrogens with zero attached hydrogens (tertiary/aromatic N) is 1. The van der Waals surface area contributed by atoms with Crippen molar-refractivity contribution in [1.29, 1.82) is 0 Å². The number of rotatable bonds is 6. The Kier molecular flexibility index (Phi) is 5.78. The summed E-state index contributed by atoms with van der Waals surface area (Å²) in [6.07, 6.45) is 0. The maximum Gasteiger partial charge on any atom is 0.0368 e. The fourth-order valence-electron chi connectivity index (χ4n) is 3.85. The number of hydrogen-bond donors (Lipinski definition) is 0. The van der Waals surface area contributed by atoms with Crippen molar-refractivity contribution in [1.82, 2.24) is 0 Å². The molecular formula is C25H29N. The average molecular weight is 344 g/mol. The molecule has 0 spiro atoms. The first kappa shape index (κ1) is 18.3. The lowest BCUT2D eigenvalue weighted by atomic mass is 9.81. The minimum atomic E-state index is 0.267. The molecular weight excluding hydrogens is 314 g/mol. The summed E-state index contributed by atoms with van der Waals surface area (Å²) in [5, 5.41) is 0. The second kappa shape index (κ2) is 8.23. The van der Waals surface area contributed by atoms with Gasteiger partial charge in [-0.3, -0.25) is 0 Å². The van der Waals surface area contributed by atoms with Gasteiger partial charge in [0.05, 0.1) is 0 Å². The van der Waals surface area contributed by atoms with Crippen molar-refractivity contribution in [2.24, 2.45) is 0 Å². The predicted octanol–water partition coefficient (Wildman–Crippen LogP) is 6.33. The second-order valence-electron chi connectivity index (χ2n) is 6.91. The van der Waals surface area contributed by atoms with E-state index >= 15 is 0 Å². The zero-order chi connectivity index (χ0) is 18.5. The van der Waals surface area contributed by atoms with Gasteiger partial charge in [0, 0.05) is 24.7 Å². The summed E-state index contributed by atoms with van der Waals surface area (Å²) in [4.78, 5) is 2.40. The molecule has 0 radical (unpaired) electrons. The van der Waals surface area contributed by atoms with Crippen LogP contribution >= 0.6 is 0 Å². The number of aryl methyl sites for hydroxylation is 2. The van der Waals surface area contributed by atoms with Gasteiger partial charge in [-0.1, -0.05) is 60.7 Å². The molecule has 0 aliphatic carbocycles. The first-order valence-corrected chi connectivity index (χ1v) is 9.61. The van der Waals surface area contributed by atoms with Crippen LogP contribution in [0.15, 0.2) is 72.8 Å². The zero-order valence-corrected chi connectivity index (χ0v) is 16.4. The van der Waals surface area contributed by atoms with Crippen molar-refractivity contribution in [2.45, 2.75) is 33.6 Å². The standard InChI is InChI=1S/C25H29N/c1-5-26(6-2)22-16-17-24(20(4)18-22)25(21-13-8-7-9-14-21)23-15-11-10-12-19(23)3/h7-18,25H,5-6H2,1-4H3. The van der Waals surface area contributed by atoms with E-state index in [4.69, 9.17) is 0 Å². The fourth-order valence-corrected chi connectivity index (χ4v) is 3.85. The highest BCUT2D eigenvalue weighted by Gasteiger charge is 2.20. The van der Waals surface area contributed by atoms with Gasteiger partial charge in [0.2, 0.25) is 0 Å². The Bertz CT molecular complexity index is 847. The van der Waals surface area contributed by atoms with Gasteiger partial charge in [-0.15, -0.1) is 0 Å². The lowest BCUT2D eigenvalue weighted by molar-refractivity contribution is 0.862. The van der Waals surface area contributed by atoms with Crippen molar-refractivity contribution in [3.63, 3.8) is 0 Å². The Labute approximate surface area is 158 Å². The summed E-state index contributed by atoms with van der Waals surface area (Å²) in [5.74, 6) is 0.267. The highest BCUT2D eigenvalue weighted by molar-refractivity contribution is 5.55. The van der Waals surface area contributed by atoms with Crippen LogP contribution in [0.4, 0.5) is 5.69 Å². The van der Waals surface area contributed by atoms with E-state index in [0.29, 0.717) is 0 Å². The van der Waals surface area contributed by atoms with Crippen molar-refractivity contribution >= 4 is 5.69 Å². The van der Waals surface area contributed by atoms with E-state index < -0.39 is 0 Å². The third kappa shape index (κ3) is 3.67. The molecule has 0 N–H and O–H groups in total. The first-order chi connectivity index (χ1) is 12.7. The molecule has 1 nitrogen and oxygen atoms in total. The van der Waals surface area contributed by atoms with Gasteiger partial charge in [-0.25, -0.2) is 0 Å². The molecule has 0 aliphatic heterocycles. The molecule has 3 rings (SSSR count). The Morgan fingerprint density at radius 1 is 0.692 bits per heavy atom. The van der Waals surface area contributed by atoms with E-state index in [0.717, 1.165) is 13.1 Å². The van der Waals surface area contributed by atoms with Crippen molar-refractivity contribution in [2.75, 3.05) is 18.0 Å². The molecule has 3 aromatic rings. The van der Waals surface area contributed by atoms with E-state index in [-0.39, 0.29) is 5.92 Å². The van der Waals surface area contributed by atoms with Gasteiger partial charge in [0.1, 0.15) is 0 Å². The average Bonchev–Trinajstić information content (AvgIpc) is 2.67. The zero-order valence-electron chi connectivity index (χ0n) is 16.4. The molecule has 0 saturated heterocycles. The quantitative estimate of drug-likeness (QED) is 0.473. The fraction of sp³-hybridized carbons (Fsp3) is 0.280. The Hall–Kier alpha value is -2.54. The number of hydrogen-bond acceptors (Lipinski definition) is 1. The van der Waals surface area contributed by atoms with Crippen LogP contribution in [0.3, 0.4) is 0 Å². The van der Waals surface area contributed by atoms with Gasteiger partial charge in [-0.2, -0.15) is 0 Å². The van der Waals surface area contributed by atoms with E-state index in [2.05, 4.69) is 105 Å². The van der Waals surface area contributed by atoms with Crippen LogP contribution in [0.2, 0.25) is 0 Å². The lowest BCUT2D eigenvalue weighted by Crippen LogP contribution is -2.22. The van der Waals surface area contributed by atoms with Gasteiger partial charge >= 0.3 is 0 Å². The third-order valence-electron chi connectivity index (χ3n) is 5.33. The summed E-state index contributed by atoms with van der Waals surface area (Å²) in [6.45, 7) is 11.0. The summed E-state index contributed by atoms with van der Waals surface area (Å²) < 4.78 is 0. The van der Waals surface area contributed by atoms with Crippen LogP contribution < -0.4 is 4.90 Å². The van der Waals surface area contributed by atoms with Gasteiger partial charge in [0.15, 0.2) is 0 Å². The molecule has 0 aromatic heterocycles. The summed E-state index contributed by atoms with van der Waals surface area (Å²) in [6, 6.07) is 26.6. The van der Waals surface area contributed by atoms with Gasteiger partial charge in [0.25, 0.3) is 0 Å². The van der Waals surface area contributed by atoms with Crippen LogP contribution in [-0.4, -0.2) is 13.1 Å². The molecule has 3 aromatic carbocycles. The molecule has 0 amide bonds. The lowest BCUT2D eigenvalue weighted by Gasteiger charge is -2.26. The summed E-state index contributed by atoms with van der Waals surface area (Å²) >= 11 is 0. The Morgan fingerprint density at radius 3 is 1.92 bits per heavy atom. The van der Waals surface area contributed by atoms with E-state index in [1.807, 2.05) is 0 Å². The van der Waals surface area contributed by atoms with Gasteiger partial charge < -0.3 is 4.90 Å². The van der Waals surface area contributed by atoms with Crippen LogP contribution in [0, 0.1) is 13.8 Å². The SMILES string of the molecule is CCN(CC)c1ccc(C(c2ccccc2)c2ccccc2C)c(C)c1. The van der Waals surface area contributed by atoms with Crippen molar-refractivity contribution in [3.8, 4) is 0 Å². The Balaban J connectivity index is 2.13. The molecule has 0 heterocycles. The molecule has 0 bridgehead atoms. The number of benzene rings is 3.